The van der Waals surface area contributed by atoms with Gasteiger partial charge < -0.3 is 0 Å². The van der Waals surface area contributed by atoms with Crippen molar-refractivity contribution in [1.82, 2.24) is 5.01 Å². The SMILES string of the molecule is CCCCCCCCCCCCN(N)Cc1ccccc1. The van der Waals surface area contributed by atoms with Crippen LogP contribution < -0.4 is 5.84 Å². The van der Waals surface area contributed by atoms with E-state index >= 15 is 0 Å². The molecular weight excluding hydrogens is 256 g/mol. The van der Waals surface area contributed by atoms with E-state index in [-0.39, 0.29) is 0 Å². The first kappa shape index (κ1) is 18.2. The minimum absolute atomic E-state index is 0.859. The summed E-state index contributed by atoms with van der Waals surface area (Å²) in [6, 6.07) is 10.5. The van der Waals surface area contributed by atoms with Gasteiger partial charge in [0.25, 0.3) is 0 Å². The summed E-state index contributed by atoms with van der Waals surface area (Å²) in [5.74, 6) is 6.05. The zero-order chi connectivity index (χ0) is 15.2. The van der Waals surface area contributed by atoms with Gasteiger partial charge in [0.2, 0.25) is 0 Å². The Morgan fingerprint density at radius 3 is 1.86 bits per heavy atom. The maximum Gasteiger partial charge on any atom is 0.0379 e. The number of rotatable bonds is 13. The van der Waals surface area contributed by atoms with Crippen molar-refractivity contribution in [3.05, 3.63) is 35.9 Å². The molecule has 0 aliphatic rings. The number of nitrogens with zero attached hydrogens (tertiary/aromatic N) is 1. The van der Waals surface area contributed by atoms with Gasteiger partial charge in [-0.25, -0.2) is 5.01 Å². The van der Waals surface area contributed by atoms with Crippen LogP contribution in [0.25, 0.3) is 0 Å². The zero-order valence-electron chi connectivity index (χ0n) is 13.9. The summed E-state index contributed by atoms with van der Waals surface area (Å²) >= 11 is 0. The summed E-state index contributed by atoms with van der Waals surface area (Å²) in [5, 5.41) is 1.94. The van der Waals surface area contributed by atoms with Crippen molar-refractivity contribution in [2.45, 2.75) is 77.7 Å². The molecule has 0 saturated carbocycles. The molecule has 120 valence electrons. The highest BCUT2D eigenvalue weighted by Gasteiger charge is 2.00. The molecule has 0 fully saturated rings. The van der Waals surface area contributed by atoms with Crippen LogP contribution >= 0.6 is 0 Å². The first-order valence-corrected chi connectivity index (χ1v) is 8.86. The summed E-state index contributed by atoms with van der Waals surface area (Å²) in [4.78, 5) is 0. The lowest BCUT2D eigenvalue weighted by atomic mass is 10.1. The number of benzene rings is 1. The van der Waals surface area contributed by atoms with Crippen LogP contribution in [0.4, 0.5) is 0 Å². The molecule has 0 bridgehead atoms. The van der Waals surface area contributed by atoms with Crippen LogP contribution in [0, 0.1) is 0 Å². The molecule has 0 aromatic heterocycles. The Bertz CT molecular complexity index is 324. The highest BCUT2D eigenvalue weighted by atomic mass is 15.4. The molecule has 21 heavy (non-hydrogen) atoms. The second kappa shape index (κ2) is 12.8. The molecule has 0 saturated heterocycles. The number of nitrogens with two attached hydrogens (primary N) is 1. The van der Waals surface area contributed by atoms with Gasteiger partial charge in [-0.1, -0.05) is 95.0 Å². The third-order valence-electron chi connectivity index (χ3n) is 4.03. The van der Waals surface area contributed by atoms with Crippen molar-refractivity contribution in [3.8, 4) is 0 Å². The lowest BCUT2D eigenvalue weighted by molar-refractivity contribution is 0.267. The molecule has 1 rings (SSSR count). The Hall–Kier alpha value is -0.860. The molecule has 0 radical (unpaired) electrons. The monoisotopic (exact) mass is 290 g/mol. The van der Waals surface area contributed by atoms with Gasteiger partial charge in [-0.05, 0) is 12.0 Å². The molecule has 0 atom stereocenters. The van der Waals surface area contributed by atoms with E-state index < -0.39 is 0 Å². The quantitative estimate of drug-likeness (QED) is 0.304. The molecule has 0 amide bonds. The van der Waals surface area contributed by atoms with Crippen molar-refractivity contribution in [3.63, 3.8) is 0 Å². The fourth-order valence-electron chi connectivity index (χ4n) is 2.70. The van der Waals surface area contributed by atoms with E-state index in [9.17, 15) is 0 Å². The molecule has 2 nitrogen and oxygen atoms in total. The Kier molecular flexibility index (Phi) is 11.1. The normalized spacial score (nSPS) is 11.2. The van der Waals surface area contributed by atoms with Crippen LogP contribution in [-0.2, 0) is 6.54 Å². The minimum Gasteiger partial charge on any atom is -0.268 e. The molecule has 2 N–H and O–H groups in total. The molecule has 1 aromatic carbocycles. The fourth-order valence-corrected chi connectivity index (χ4v) is 2.70. The predicted octanol–water partition coefficient (Wildman–Crippen LogP) is 5.28. The van der Waals surface area contributed by atoms with Gasteiger partial charge in [0.15, 0.2) is 0 Å². The van der Waals surface area contributed by atoms with E-state index in [0.717, 1.165) is 13.1 Å². The molecular formula is C19H34N2. The average molecular weight is 290 g/mol. The maximum atomic E-state index is 6.05. The second-order valence-corrected chi connectivity index (χ2v) is 6.14. The van der Waals surface area contributed by atoms with Gasteiger partial charge in [0.1, 0.15) is 0 Å². The Morgan fingerprint density at radius 1 is 0.762 bits per heavy atom. The number of hydrogen-bond acceptors (Lipinski definition) is 2. The molecule has 2 heteroatoms. The molecule has 0 spiro atoms. The van der Waals surface area contributed by atoms with Crippen LogP contribution in [-0.4, -0.2) is 11.6 Å². The highest BCUT2D eigenvalue weighted by Crippen LogP contribution is 2.11. The molecule has 0 aliphatic heterocycles. The topological polar surface area (TPSA) is 29.3 Å². The van der Waals surface area contributed by atoms with Crippen LogP contribution in [0.3, 0.4) is 0 Å². The Balaban J connectivity index is 1.87. The summed E-state index contributed by atoms with van der Waals surface area (Å²) in [7, 11) is 0. The molecule has 1 aromatic rings. The van der Waals surface area contributed by atoms with Crippen molar-refractivity contribution in [2.75, 3.05) is 6.54 Å². The van der Waals surface area contributed by atoms with Crippen molar-refractivity contribution >= 4 is 0 Å². The van der Waals surface area contributed by atoms with E-state index in [4.69, 9.17) is 5.84 Å². The molecule has 0 unspecified atom stereocenters. The van der Waals surface area contributed by atoms with Crippen molar-refractivity contribution in [2.24, 2.45) is 5.84 Å². The van der Waals surface area contributed by atoms with Gasteiger partial charge in [0.05, 0.1) is 0 Å². The minimum atomic E-state index is 0.859. The Morgan fingerprint density at radius 2 is 1.29 bits per heavy atom. The lowest BCUT2D eigenvalue weighted by Crippen LogP contribution is -2.31. The first-order chi connectivity index (χ1) is 10.3. The summed E-state index contributed by atoms with van der Waals surface area (Å²) < 4.78 is 0. The largest absolute Gasteiger partial charge is 0.268 e. The Labute approximate surface area is 131 Å². The van der Waals surface area contributed by atoms with Crippen molar-refractivity contribution < 1.29 is 0 Å². The van der Waals surface area contributed by atoms with E-state index in [0.29, 0.717) is 0 Å². The molecule has 0 heterocycles. The number of hydrogen-bond donors (Lipinski definition) is 1. The van der Waals surface area contributed by atoms with E-state index in [1.807, 2.05) is 11.1 Å². The first-order valence-electron chi connectivity index (χ1n) is 8.86. The number of hydrazine groups is 1. The predicted molar refractivity (Wildman–Crippen MR) is 92.9 cm³/mol. The third-order valence-corrected chi connectivity index (χ3v) is 4.03. The van der Waals surface area contributed by atoms with Gasteiger partial charge in [-0.2, -0.15) is 0 Å². The van der Waals surface area contributed by atoms with E-state index in [1.165, 1.54) is 69.8 Å². The second-order valence-electron chi connectivity index (χ2n) is 6.14. The van der Waals surface area contributed by atoms with Gasteiger partial charge in [-0.15, -0.1) is 0 Å². The van der Waals surface area contributed by atoms with Gasteiger partial charge in [0, 0.05) is 13.1 Å². The van der Waals surface area contributed by atoms with Crippen molar-refractivity contribution in [1.29, 1.82) is 0 Å². The number of unbranched alkanes of at least 4 members (excludes halogenated alkanes) is 9. The zero-order valence-corrected chi connectivity index (χ0v) is 13.9. The lowest BCUT2D eigenvalue weighted by Gasteiger charge is -2.16. The van der Waals surface area contributed by atoms with E-state index in [1.54, 1.807) is 0 Å². The summed E-state index contributed by atoms with van der Waals surface area (Å²) in [6.45, 7) is 4.14. The smallest absolute Gasteiger partial charge is 0.0379 e. The van der Waals surface area contributed by atoms with Crippen LogP contribution in [0.2, 0.25) is 0 Å². The summed E-state index contributed by atoms with van der Waals surface area (Å²) in [6.07, 6.45) is 13.8. The summed E-state index contributed by atoms with van der Waals surface area (Å²) in [5.41, 5.74) is 1.30. The molecule has 0 aliphatic carbocycles. The highest BCUT2D eigenvalue weighted by molar-refractivity contribution is 5.14. The van der Waals surface area contributed by atoms with E-state index in [2.05, 4.69) is 31.2 Å². The van der Waals surface area contributed by atoms with Crippen LogP contribution in [0.1, 0.15) is 76.7 Å². The average Bonchev–Trinajstić information content (AvgIpc) is 2.50. The maximum absolute atomic E-state index is 6.05. The fraction of sp³-hybridized carbons (Fsp3) is 0.684. The van der Waals surface area contributed by atoms with Gasteiger partial charge in [-0.3, -0.25) is 5.84 Å². The standard InChI is InChI=1S/C19H34N2/c1-2-3-4-5-6-7-8-9-10-14-17-21(20)18-19-15-12-11-13-16-19/h11-13,15-16H,2-10,14,17-18,20H2,1H3. The van der Waals surface area contributed by atoms with Crippen LogP contribution in [0.15, 0.2) is 30.3 Å². The third kappa shape index (κ3) is 10.5. The van der Waals surface area contributed by atoms with Gasteiger partial charge >= 0.3 is 0 Å². The van der Waals surface area contributed by atoms with Crippen LogP contribution in [0.5, 0.6) is 0 Å².